The van der Waals surface area contributed by atoms with Crippen molar-refractivity contribution in [1.29, 1.82) is 0 Å². The number of alkyl halides is 3. The summed E-state index contributed by atoms with van der Waals surface area (Å²) >= 11 is 0. The summed E-state index contributed by atoms with van der Waals surface area (Å²) in [5.41, 5.74) is 0.158. The fraction of sp³-hybridized carbons (Fsp3) is 0.750. The van der Waals surface area contributed by atoms with Gasteiger partial charge in [0.2, 0.25) is 24.0 Å². The number of nitrogens with zero attached hydrogens (tertiary/aromatic N) is 4. The molecule has 138 valence electrons. The average Bonchev–Trinajstić information content (AvgIpc) is 2.54. The van der Waals surface area contributed by atoms with E-state index in [0.29, 0.717) is 26.2 Å². The lowest BCUT2D eigenvalue weighted by Gasteiger charge is -2.41. The summed E-state index contributed by atoms with van der Waals surface area (Å²) in [5, 5.41) is 0. The van der Waals surface area contributed by atoms with Gasteiger partial charge in [0.15, 0.2) is 0 Å². The van der Waals surface area contributed by atoms with E-state index in [1.54, 1.807) is 23.6 Å². The molecule has 3 rings (SSSR count). The predicted octanol–water partition coefficient (Wildman–Crippen LogP) is 1.51. The number of aliphatic imine (C=N–C) groups is 2. The second-order valence-electron chi connectivity index (χ2n) is 7.08. The van der Waals surface area contributed by atoms with Gasteiger partial charge in [-0.3, -0.25) is 9.59 Å². The second kappa shape index (κ2) is 6.42. The van der Waals surface area contributed by atoms with Crippen molar-refractivity contribution in [2.24, 2.45) is 21.8 Å². The Hall–Kier alpha value is -1.93. The molecule has 3 aliphatic rings. The molecule has 2 amide bonds. The Morgan fingerprint density at radius 1 is 1.16 bits per heavy atom. The summed E-state index contributed by atoms with van der Waals surface area (Å²) in [6.45, 7) is 4.97. The maximum absolute atomic E-state index is 13.9. The van der Waals surface area contributed by atoms with Crippen LogP contribution in [0.1, 0.15) is 26.7 Å². The zero-order chi connectivity index (χ0) is 18.4. The molecule has 2 aliphatic heterocycles. The molecule has 1 saturated carbocycles. The molecule has 6 nitrogen and oxygen atoms in total. The number of hydrogen-bond acceptors (Lipinski definition) is 4. The Balaban J connectivity index is 1.60. The second-order valence-corrected chi connectivity index (χ2v) is 7.08. The van der Waals surface area contributed by atoms with Crippen molar-refractivity contribution in [3.63, 3.8) is 0 Å². The van der Waals surface area contributed by atoms with Gasteiger partial charge in [-0.15, -0.1) is 0 Å². The highest BCUT2D eigenvalue weighted by Gasteiger charge is 2.50. The third-order valence-electron chi connectivity index (χ3n) is 4.82. The van der Waals surface area contributed by atoms with Crippen LogP contribution in [0.4, 0.5) is 13.2 Å². The van der Waals surface area contributed by atoms with Gasteiger partial charge in [-0.2, -0.15) is 4.99 Å². The molecule has 9 heteroatoms. The average molecular weight is 358 g/mol. The number of rotatable bonds is 2. The first-order chi connectivity index (χ1) is 11.7. The van der Waals surface area contributed by atoms with Crippen LogP contribution in [0.5, 0.6) is 0 Å². The number of amides is 2. The number of halogens is 3. The molecule has 2 heterocycles. The molecule has 0 aromatic rings. The fourth-order valence-corrected chi connectivity index (χ4v) is 3.26. The molecule has 0 aromatic heterocycles. The van der Waals surface area contributed by atoms with Gasteiger partial charge in [0, 0.05) is 44.9 Å². The highest BCUT2D eigenvalue weighted by molar-refractivity contribution is 6.18. The predicted molar refractivity (Wildman–Crippen MR) is 85.4 cm³/mol. The first-order valence-corrected chi connectivity index (χ1v) is 8.44. The normalized spacial score (nSPS) is 27.1. The summed E-state index contributed by atoms with van der Waals surface area (Å²) in [7, 11) is 0. The molecular formula is C16H21F3N4O2. The van der Waals surface area contributed by atoms with Crippen LogP contribution in [0, 0.1) is 11.8 Å². The van der Waals surface area contributed by atoms with Crippen molar-refractivity contribution in [3.05, 3.63) is 0 Å². The SMILES string of the molecule is CC(C)C1=NC(N2CCN(C(=O)C3CC(F)(F)C3)CC2)=NC(=O)C1F. The smallest absolute Gasteiger partial charge is 0.289 e. The van der Waals surface area contributed by atoms with Crippen LogP contribution in [0.15, 0.2) is 9.98 Å². The van der Waals surface area contributed by atoms with Crippen LogP contribution in [-0.2, 0) is 9.59 Å². The Kier molecular flexibility index (Phi) is 4.59. The molecule has 0 spiro atoms. The highest BCUT2D eigenvalue weighted by Crippen LogP contribution is 2.43. The Labute approximate surface area is 143 Å². The van der Waals surface area contributed by atoms with Gasteiger partial charge >= 0.3 is 0 Å². The highest BCUT2D eigenvalue weighted by atomic mass is 19.3. The van der Waals surface area contributed by atoms with Gasteiger partial charge in [0.25, 0.3) is 5.91 Å². The molecular weight excluding hydrogens is 337 g/mol. The van der Waals surface area contributed by atoms with E-state index in [-0.39, 0.29) is 36.3 Å². The molecule has 1 saturated heterocycles. The summed E-state index contributed by atoms with van der Waals surface area (Å²) in [6.07, 6.45) is -2.56. The van der Waals surface area contributed by atoms with E-state index in [4.69, 9.17) is 0 Å². The van der Waals surface area contributed by atoms with E-state index in [0.717, 1.165) is 0 Å². The van der Waals surface area contributed by atoms with Gasteiger partial charge in [0.1, 0.15) is 0 Å². The molecule has 25 heavy (non-hydrogen) atoms. The van der Waals surface area contributed by atoms with Gasteiger partial charge < -0.3 is 9.80 Å². The first-order valence-electron chi connectivity index (χ1n) is 8.44. The van der Waals surface area contributed by atoms with Crippen LogP contribution in [0.3, 0.4) is 0 Å². The zero-order valence-electron chi connectivity index (χ0n) is 14.2. The minimum absolute atomic E-state index is 0.158. The van der Waals surface area contributed by atoms with Crippen LogP contribution in [-0.4, -0.2) is 71.6 Å². The lowest BCUT2D eigenvalue weighted by molar-refractivity contribution is -0.160. The van der Waals surface area contributed by atoms with Crippen molar-refractivity contribution >= 4 is 23.5 Å². The third kappa shape index (κ3) is 3.55. The first kappa shape index (κ1) is 17.9. The van der Waals surface area contributed by atoms with Gasteiger partial charge in [-0.05, 0) is 5.92 Å². The van der Waals surface area contributed by atoms with Crippen LogP contribution in [0.2, 0.25) is 0 Å². The molecule has 1 aliphatic carbocycles. The van der Waals surface area contributed by atoms with E-state index in [9.17, 15) is 22.8 Å². The van der Waals surface area contributed by atoms with Crippen LogP contribution in [0.25, 0.3) is 0 Å². The number of carbonyl (C=O) groups excluding carboxylic acids is 2. The molecule has 0 aromatic carbocycles. The molecule has 1 atom stereocenters. The number of hydrogen-bond donors (Lipinski definition) is 0. The van der Waals surface area contributed by atoms with E-state index in [1.807, 2.05) is 0 Å². The van der Waals surface area contributed by atoms with E-state index in [2.05, 4.69) is 9.98 Å². The summed E-state index contributed by atoms with van der Waals surface area (Å²) in [6, 6.07) is 0. The van der Waals surface area contributed by atoms with E-state index >= 15 is 0 Å². The lowest BCUT2D eigenvalue weighted by Crippen LogP contribution is -2.55. The fourth-order valence-electron chi connectivity index (χ4n) is 3.26. The van der Waals surface area contributed by atoms with Gasteiger partial charge in [0.05, 0.1) is 5.71 Å². The van der Waals surface area contributed by atoms with Crippen LogP contribution < -0.4 is 0 Å². The van der Waals surface area contributed by atoms with E-state index in [1.165, 1.54) is 0 Å². The van der Waals surface area contributed by atoms with Gasteiger partial charge in [-0.25, -0.2) is 18.2 Å². The number of piperazine rings is 1. The number of guanidine groups is 1. The third-order valence-corrected chi connectivity index (χ3v) is 4.82. The quantitative estimate of drug-likeness (QED) is 0.752. The maximum atomic E-state index is 13.9. The standard InChI is InChI=1S/C16H21F3N4O2/c1-9(2)12-11(17)13(24)21-15(20-12)23-5-3-22(4-6-23)14(25)10-7-16(18,19)8-10/h9-11H,3-8H2,1-2H3. The van der Waals surface area contributed by atoms with Crippen molar-refractivity contribution < 1.29 is 22.8 Å². The Morgan fingerprint density at radius 2 is 1.76 bits per heavy atom. The lowest BCUT2D eigenvalue weighted by atomic mass is 9.80. The zero-order valence-corrected chi connectivity index (χ0v) is 14.2. The van der Waals surface area contributed by atoms with Gasteiger partial charge in [-0.1, -0.05) is 13.8 Å². The summed E-state index contributed by atoms with van der Waals surface area (Å²) in [4.78, 5) is 35.1. The largest absolute Gasteiger partial charge is 0.339 e. The van der Waals surface area contributed by atoms with Crippen molar-refractivity contribution in [3.8, 4) is 0 Å². The van der Waals surface area contributed by atoms with Crippen molar-refractivity contribution in [1.82, 2.24) is 9.80 Å². The van der Waals surface area contributed by atoms with Crippen molar-refractivity contribution in [2.45, 2.75) is 38.8 Å². The van der Waals surface area contributed by atoms with Crippen LogP contribution >= 0.6 is 0 Å². The Morgan fingerprint density at radius 3 is 2.28 bits per heavy atom. The summed E-state index contributed by atoms with van der Waals surface area (Å²) in [5.74, 6) is -4.47. The molecule has 1 unspecified atom stereocenters. The molecule has 0 bridgehead atoms. The molecule has 2 fully saturated rings. The van der Waals surface area contributed by atoms with E-state index < -0.39 is 23.9 Å². The number of carbonyl (C=O) groups is 2. The minimum atomic E-state index is -2.72. The molecule has 0 radical (unpaired) electrons. The minimum Gasteiger partial charge on any atom is -0.339 e. The van der Waals surface area contributed by atoms with Crippen molar-refractivity contribution in [2.75, 3.05) is 26.2 Å². The Bertz CT molecular complexity index is 631. The monoisotopic (exact) mass is 358 g/mol. The topological polar surface area (TPSA) is 65.3 Å². The molecule has 0 N–H and O–H groups in total. The summed E-state index contributed by atoms with van der Waals surface area (Å²) < 4.78 is 39.7. The maximum Gasteiger partial charge on any atom is 0.289 e.